The number of ketones is 1. The summed E-state index contributed by atoms with van der Waals surface area (Å²) in [7, 11) is 1.61. The molecular formula is C45H51ClFNO6. The van der Waals surface area contributed by atoms with Crippen molar-refractivity contribution in [2.24, 2.45) is 5.41 Å². The van der Waals surface area contributed by atoms with Crippen molar-refractivity contribution in [1.29, 1.82) is 0 Å². The molecule has 1 fully saturated rings. The number of carbonyl (C=O) groups is 2. The Balaban J connectivity index is 1.37. The van der Waals surface area contributed by atoms with E-state index in [2.05, 4.69) is 19.9 Å². The zero-order valence-corrected chi connectivity index (χ0v) is 32.2. The Hall–Kier alpha value is -4.08. The molecule has 2 N–H and O–H groups in total. The van der Waals surface area contributed by atoms with E-state index in [0.717, 1.165) is 28.3 Å². The largest absolute Gasteiger partial charge is 0.415 e. The molecule has 1 saturated carbocycles. The minimum atomic E-state index is -1.35. The van der Waals surface area contributed by atoms with Gasteiger partial charge in [-0.05, 0) is 116 Å². The van der Waals surface area contributed by atoms with Crippen LogP contribution in [0.15, 0.2) is 90.5 Å². The zero-order chi connectivity index (χ0) is 38.5. The van der Waals surface area contributed by atoms with Gasteiger partial charge in [0.2, 0.25) is 0 Å². The molecule has 0 radical (unpaired) electrons. The molecular weight excluding hydrogens is 705 g/mol. The molecule has 4 aromatic rings. The topological polar surface area (TPSA) is 96.3 Å². The van der Waals surface area contributed by atoms with Crippen LogP contribution in [0.25, 0.3) is 10.8 Å². The van der Waals surface area contributed by atoms with Gasteiger partial charge in [0.25, 0.3) is 0 Å². The number of ether oxygens (including phenoxy) is 2. The highest BCUT2D eigenvalue weighted by Crippen LogP contribution is 2.59. The second-order valence-electron chi connectivity index (χ2n) is 15.4. The van der Waals surface area contributed by atoms with E-state index in [-0.39, 0.29) is 35.3 Å². The number of aliphatic hydroxyl groups excluding tert-OH is 1. The molecule has 3 aliphatic rings. The minimum Gasteiger partial charge on any atom is -0.410 e. The number of Topliss-reactive ketones (excluding diaryl/α,β-unsaturated/α-hetero) is 1. The molecule has 7 nitrogen and oxygen atoms in total. The van der Waals surface area contributed by atoms with Crippen molar-refractivity contribution in [3.63, 3.8) is 0 Å². The fourth-order valence-corrected chi connectivity index (χ4v) is 8.77. The van der Waals surface area contributed by atoms with Crippen molar-refractivity contribution in [3.05, 3.63) is 124 Å². The van der Waals surface area contributed by atoms with Crippen molar-refractivity contribution in [1.82, 2.24) is 4.90 Å². The number of fused-ring (bicyclic) bond motifs is 9. The molecule has 0 saturated heterocycles. The summed E-state index contributed by atoms with van der Waals surface area (Å²) in [6, 6.07) is 23.5. The van der Waals surface area contributed by atoms with Gasteiger partial charge in [0.1, 0.15) is 11.6 Å². The summed E-state index contributed by atoms with van der Waals surface area (Å²) in [6.45, 7) is 4.91. The Morgan fingerprint density at radius 3 is 2.57 bits per heavy atom. The van der Waals surface area contributed by atoms with E-state index >= 15 is 0 Å². The van der Waals surface area contributed by atoms with Crippen LogP contribution in [-0.4, -0.2) is 65.5 Å². The second-order valence-corrected chi connectivity index (χ2v) is 15.8. The van der Waals surface area contributed by atoms with Gasteiger partial charge >= 0.3 is 6.09 Å². The summed E-state index contributed by atoms with van der Waals surface area (Å²) >= 11 is 6.39. The van der Waals surface area contributed by atoms with Crippen molar-refractivity contribution in [3.8, 4) is 5.75 Å². The van der Waals surface area contributed by atoms with E-state index in [9.17, 15) is 24.2 Å². The molecule has 9 heteroatoms. The Bertz CT molecular complexity index is 2000. The molecule has 0 aliphatic heterocycles. The van der Waals surface area contributed by atoms with Gasteiger partial charge in [-0.1, -0.05) is 78.7 Å². The lowest BCUT2D eigenvalue weighted by Crippen LogP contribution is -2.54. The molecule has 7 rings (SSSR count). The smallest absolute Gasteiger partial charge is 0.410 e. The number of benzene rings is 4. The maximum absolute atomic E-state index is 15.0. The molecule has 1 amide bonds. The predicted octanol–water partition coefficient (Wildman–Crippen LogP) is 9.63. The van der Waals surface area contributed by atoms with Gasteiger partial charge < -0.3 is 24.6 Å². The summed E-state index contributed by atoms with van der Waals surface area (Å²) in [4.78, 5) is 29.8. The molecule has 0 spiro atoms. The summed E-state index contributed by atoms with van der Waals surface area (Å²) in [5, 5.41) is 26.1. The van der Waals surface area contributed by atoms with Crippen LogP contribution >= 0.6 is 11.6 Å². The van der Waals surface area contributed by atoms with Crippen LogP contribution in [0.5, 0.6) is 5.75 Å². The number of hydrogen-bond acceptors (Lipinski definition) is 6. The fourth-order valence-electron chi connectivity index (χ4n) is 8.55. The first-order valence-corrected chi connectivity index (χ1v) is 19.4. The highest BCUT2D eigenvalue weighted by Gasteiger charge is 2.57. The number of rotatable bonds is 10. The molecule has 0 unspecified atom stereocenters. The predicted molar refractivity (Wildman–Crippen MR) is 211 cm³/mol. The van der Waals surface area contributed by atoms with Gasteiger partial charge in [-0.3, -0.25) is 4.79 Å². The maximum Gasteiger partial charge on any atom is 0.415 e. The van der Waals surface area contributed by atoms with Crippen LogP contribution < -0.4 is 4.74 Å². The minimum absolute atomic E-state index is 0.0250. The van der Waals surface area contributed by atoms with Crippen molar-refractivity contribution in [2.75, 3.05) is 26.8 Å². The summed E-state index contributed by atoms with van der Waals surface area (Å²) < 4.78 is 26.3. The number of amides is 1. The number of aliphatic hydroxyl groups is 2. The average molecular weight is 756 g/mol. The number of hydrogen-bond donors (Lipinski definition) is 2. The third-order valence-electron chi connectivity index (χ3n) is 11.8. The van der Waals surface area contributed by atoms with Crippen molar-refractivity contribution >= 4 is 34.2 Å². The van der Waals surface area contributed by atoms with E-state index < -0.39 is 29.0 Å². The number of nitrogens with zero attached hydrogens (tertiary/aromatic N) is 1. The van der Waals surface area contributed by atoms with Gasteiger partial charge in [0, 0.05) is 48.2 Å². The van der Waals surface area contributed by atoms with Gasteiger partial charge in [-0.2, -0.15) is 0 Å². The molecule has 2 bridgehead atoms. The number of methoxy groups -OCH3 is 1. The normalized spacial score (nSPS) is 23.1. The molecule has 286 valence electrons. The fraction of sp³-hybridized carbons (Fsp3) is 0.422. The van der Waals surface area contributed by atoms with Gasteiger partial charge in [0.05, 0.1) is 18.2 Å². The molecule has 0 heterocycles. The van der Waals surface area contributed by atoms with E-state index in [0.29, 0.717) is 69.4 Å². The molecule has 4 aromatic carbocycles. The Morgan fingerprint density at radius 1 is 1.00 bits per heavy atom. The Labute approximate surface area is 322 Å². The van der Waals surface area contributed by atoms with E-state index in [1.54, 1.807) is 24.1 Å². The second kappa shape index (κ2) is 17.2. The standard InChI is InChI=1S/C45H51ClFNO6/c1-30-9-7-21-44(2)39(36-19-15-31(25-34(49)17-14-30)26-37(36)42(50)28-38-40(46)12-6-13-41(38)47)20-22-45(44,52)29-48(23-8-24-53-3)43(51)54-35-18-16-32-10-4-5-11-33(32)27-35/h4-6,9-13,15-16,18-19,26-27,34,39,49,52H,7-8,14,17,20-25,28-29H2,1-3H3/t34-,39-,44-,45+/m0/s1. The lowest BCUT2D eigenvalue weighted by Gasteiger charge is -2.46. The first-order chi connectivity index (χ1) is 25.9. The first kappa shape index (κ1) is 39.6. The monoisotopic (exact) mass is 755 g/mol. The van der Waals surface area contributed by atoms with Crippen molar-refractivity contribution in [2.45, 2.75) is 89.3 Å². The lowest BCUT2D eigenvalue weighted by molar-refractivity contribution is -0.0795. The SMILES string of the molecule is COCCCN(C[C@]1(O)CC[C@H]2c3ccc(cc3C(=O)Cc3c(F)cccc3Cl)C[C@@H](O)CCC(C)=CCC[C@@]21C)C(=O)Oc1ccc2ccccc2c1. The number of carbonyl (C=O) groups excluding carboxylic acids is 2. The summed E-state index contributed by atoms with van der Waals surface area (Å²) in [5.74, 6) is -0.683. The number of halogens is 2. The molecule has 0 aromatic heterocycles. The van der Waals surface area contributed by atoms with Crippen LogP contribution in [0.2, 0.25) is 5.02 Å². The van der Waals surface area contributed by atoms with Crippen LogP contribution in [0.3, 0.4) is 0 Å². The van der Waals surface area contributed by atoms with Gasteiger partial charge in [0.15, 0.2) is 5.78 Å². The highest BCUT2D eigenvalue weighted by atomic mass is 35.5. The van der Waals surface area contributed by atoms with E-state index in [1.807, 2.05) is 54.6 Å². The number of allylic oxidation sites excluding steroid dienone is 2. The van der Waals surface area contributed by atoms with Crippen molar-refractivity contribution < 1.29 is 33.7 Å². The van der Waals surface area contributed by atoms with Crippen LogP contribution in [0, 0.1) is 11.2 Å². The highest BCUT2D eigenvalue weighted by molar-refractivity contribution is 6.31. The van der Waals surface area contributed by atoms with Gasteiger partial charge in [-0.15, -0.1) is 0 Å². The van der Waals surface area contributed by atoms with Crippen LogP contribution in [0.4, 0.5) is 9.18 Å². The third-order valence-corrected chi connectivity index (χ3v) is 12.1. The molecule has 4 atom stereocenters. The van der Waals surface area contributed by atoms with E-state index in [4.69, 9.17) is 21.1 Å². The first-order valence-electron chi connectivity index (χ1n) is 19.0. The third kappa shape index (κ3) is 8.73. The summed E-state index contributed by atoms with van der Waals surface area (Å²) in [6.07, 6.45) is 5.19. The van der Waals surface area contributed by atoms with Crippen LogP contribution in [0.1, 0.15) is 91.8 Å². The average Bonchev–Trinajstić information content (AvgIpc) is 3.40. The Morgan fingerprint density at radius 2 is 1.80 bits per heavy atom. The zero-order valence-electron chi connectivity index (χ0n) is 31.5. The quantitative estimate of drug-likeness (QED) is 0.0951. The maximum atomic E-state index is 15.0. The van der Waals surface area contributed by atoms with E-state index in [1.165, 1.54) is 17.7 Å². The van der Waals surface area contributed by atoms with Gasteiger partial charge in [-0.25, -0.2) is 9.18 Å². The molecule has 3 aliphatic carbocycles. The van der Waals surface area contributed by atoms with Crippen LogP contribution in [-0.2, 0) is 17.6 Å². The Kier molecular flexibility index (Phi) is 12.6. The molecule has 54 heavy (non-hydrogen) atoms. The summed E-state index contributed by atoms with van der Waals surface area (Å²) in [5.41, 5.74) is 1.18. The lowest BCUT2D eigenvalue weighted by atomic mass is 9.64.